The number of benzene rings is 2. The lowest BCUT2D eigenvalue weighted by Gasteiger charge is -2.36. The van der Waals surface area contributed by atoms with Gasteiger partial charge in [0.25, 0.3) is 0 Å². The minimum atomic E-state index is -0.662. The van der Waals surface area contributed by atoms with E-state index in [1.54, 1.807) is 19.1 Å². The van der Waals surface area contributed by atoms with Crippen LogP contribution in [-0.4, -0.2) is 79.5 Å². The van der Waals surface area contributed by atoms with Crippen LogP contribution in [0.5, 0.6) is 0 Å². The van der Waals surface area contributed by atoms with Crippen molar-refractivity contribution in [3.63, 3.8) is 0 Å². The smallest absolute Gasteiger partial charge is 0.211 e. The number of amides is 1. The number of rotatable bonds is 10. The highest BCUT2D eigenvalue weighted by Crippen LogP contribution is 2.36. The number of hydrogen-bond acceptors (Lipinski definition) is 5. The molecule has 2 atom stereocenters. The molecule has 208 valence electrons. The first kappa shape index (κ1) is 28.8. The van der Waals surface area contributed by atoms with Gasteiger partial charge in [0.2, 0.25) is 6.41 Å². The van der Waals surface area contributed by atoms with Gasteiger partial charge in [-0.15, -0.1) is 0 Å². The maximum Gasteiger partial charge on any atom is 0.211 e. The lowest BCUT2D eigenvalue weighted by Crippen LogP contribution is -2.53. The van der Waals surface area contributed by atoms with Crippen molar-refractivity contribution in [2.75, 3.05) is 45.6 Å². The summed E-state index contributed by atoms with van der Waals surface area (Å²) in [6.45, 7) is 4.61. The number of aliphatic imine (C=N–C) groups is 1. The summed E-state index contributed by atoms with van der Waals surface area (Å²) in [6, 6.07) is 11.7. The van der Waals surface area contributed by atoms with E-state index in [-0.39, 0.29) is 22.0 Å². The van der Waals surface area contributed by atoms with Gasteiger partial charge in [-0.05, 0) is 76.2 Å². The summed E-state index contributed by atoms with van der Waals surface area (Å²) in [6.07, 6.45) is 6.54. The zero-order valence-electron chi connectivity index (χ0n) is 22.8. The number of aliphatic hydroxyl groups excluding tert-OH is 1. The fourth-order valence-electron chi connectivity index (χ4n) is 5.31. The van der Waals surface area contributed by atoms with Crippen LogP contribution in [0.1, 0.15) is 42.9 Å². The average molecular weight is 554 g/mol. The summed E-state index contributed by atoms with van der Waals surface area (Å²) in [4.78, 5) is 20.8. The Kier molecular flexibility index (Phi) is 9.78. The first-order valence-electron chi connectivity index (χ1n) is 13.3. The largest absolute Gasteiger partial charge is 0.508 e. The molecule has 2 aliphatic heterocycles. The molecule has 0 aliphatic carbocycles. The topological polar surface area (TPSA) is 80.2 Å². The van der Waals surface area contributed by atoms with Crippen LogP contribution >= 0.6 is 11.6 Å². The van der Waals surface area contributed by atoms with Crippen molar-refractivity contribution in [3.05, 3.63) is 75.8 Å². The molecular weight excluding hydrogens is 517 g/mol. The first-order chi connectivity index (χ1) is 18.8. The van der Waals surface area contributed by atoms with E-state index in [2.05, 4.69) is 20.4 Å². The predicted octanol–water partition coefficient (Wildman–Crippen LogP) is 5.18. The Hall–Kier alpha value is -3.20. The van der Waals surface area contributed by atoms with E-state index in [1.807, 2.05) is 44.4 Å². The highest BCUT2D eigenvalue weighted by Gasteiger charge is 2.35. The van der Waals surface area contributed by atoms with E-state index in [4.69, 9.17) is 16.6 Å². The molecule has 7 nitrogen and oxygen atoms in total. The third kappa shape index (κ3) is 7.26. The Morgan fingerprint density at radius 1 is 1.26 bits per heavy atom. The Morgan fingerprint density at radius 2 is 1.95 bits per heavy atom. The molecular formula is C30H37ClFN5O2. The maximum absolute atomic E-state index is 16.2. The summed E-state index contributed by atoms with van der Waals surface area (Å²) in [5.41, 5.74) is 1.83. The molecule has 2 bridgehead atoms. The molecule has 2 unspecified atom stereocenters. The van der Waals surface area contributed by atoms with Crippen LogP contribution in [-0.2, 0) is 4.79 Å². The number of nitrogens with zero attached hydrogens (tertiary/aromatic N) is 3. The molecule has 2 aliphatic rings. The molecule has 1 amide bonds. The van der Waals surface area contributed by atoms with Crippen molar-refractivity contribution in [1.82, 2.24) is 15.1 Å². The number of allylic oxidation sites excluding steroid dienone is 2. The van der Waals surface area contributed by atoms with Gasteiger partial charge in [-0.2, -0.15) is 0 Å². The van der Waals surface area contributed by atoms with Crippen LogP contribution in [0.4, 0.5) is 10.1 Å². The number of hydrogen-bond donors (Lipinski definition) is 3. The van der Waals surface area contributed by atoms with E-state index in [9.17, 15) is 9.90 Å². The van der Waals surface area contributed by atoms with E-state index in [1.165, 1.54) is 6.08 Å². The quantitative estimate of drug-likeness (QED) is 0.0943. The number of anilines is 1. The number of nitrogens with one attached hydrogen (secondary N) is 2. The summed E-state index contributed by atoms with van der Waals surface area (Å²) in [5.74, 6) is -0.0650. The van der Waals surface area contributed by atoms with E-state index in [0.717, 1.165) is 44.5 Å². The Morgan fingerprint density at radius 3 is 2.59 bits per heavy atom. The van der Waals surface area contributed by atoms with E-state index in [0.29, 0.717) is 42.0 Å². The highest BCUT2D eigenvalue weighted by molar-refractivity contribution is 6.33. The van der Waals surface area contributed by atoms with Gasteiger partial charge >= 0.3 is 0 Å². The maximum atomic E-state index is 16.2. The Balaban J connectivity index is 1.74. The summed E-state index contributed by atoms with van der Waals surface area (Å²) in [7, 11) is 4.03. The van der Waals surface area contributed by atoms with Gasteiger partial charge in [-0.1, -0.05) is 41.9 Å². The van der Waals surface area contributed by atoms with Gasteiger partial charge < -0.3 is 25.5 Å². The minimum absolute atomic E-state index is 0.0286. The van der Waals surface area contributed by atoms with Crippen molar-refractivity contribution < 1.29 is 14.3 Å². The fourth-order valence-corrected chi connectivity index (χ4v) is 5.65. The highest BCUT2D eigenvalue weighted by atomic mass is 35.5. The Bertz CT molecular complexity index is 1250. The lowest BCUT2D eigenvalue weighted by atomic mass is 9.99. The number of halogens is 2. The summed E-state index contributed by atoms with van der Waals surface area (Å²) >= 11 is 6.71. The molecule has 0 spiro atoms. The second-order valence-electron chi connectivity index (χ2n) is 10.4. The second-order valence-corrected chi connectivity index (χ2v) is 10.9. The van der Waals surface area contributed by atoms with Gasteiger partial charge in [0.1, 0.15) is 11.6 Å². The molecule has 4 rings (SSSR count). The average Bonchev–Trinajstić information content (AvgIpc) is 3.23. The van der Waals surface area contributed by atoms with Crippen molar-refractivity contribution in [1.29, 1.82) is 0 Å². The third-order valence-corrected chi connectivity index (χ3v) is 7.37. The second kappa shape index (κ2) is 13.2. The zero-order chi connectivity index (χ0) is 27.9. The number of fused-ring (bicyclic) bond motifs is 2. The standard InChI is InChI=1S/C30H37ClFN5O2/c1-20(14-24(39)15-21-8-5-4-6-9-21)27-26(31)16-25(29(28(27)32)34-19-38)30(33-12-7-13-36(2)3)37-17-22-10-11-23(18-37)35-22/h4-6,8-9,14-16,19,22-23,35,39H,7,10-13,17-18H2,1-3H3,(H,34,38)/b20-14+,24-15+,33-30+. The van der Waals surface area contributed by atoms with Gasteiger partial charge in [0.15, 0.2) is 5.82 Å². The predicted molar refractivity (Wildman–Crippen MR) is 158 cm³/mol. The molecule has 0 radical (unpaired) electrons. The monoisotopic (exact) mass is 553 g/mol. The van der Waals surface area contributed by atoms with Gasteiger partial charge in [-0.3, -0.25) is 9.79 Å². The molecule has 3 N–H and O–H groups in total. The number of amidine groups is 1. The Labute approximate surface area is 235 Å². The molecule has 2 heterocycles. The summed E-state index contributed by atoms with van der Waals surface area (Å²) in [5, 5.41) is 16.9. The van der Waals surface area contributed by atoms with Crippen LogP contribution in [0.3, 0.4) is 0 Å². The molecule has 2 aromatic rings. The number of aliphatic hydroxyl groups is 1. The third-order valence-electron chi connectivity index (χ3n) is 7.08. The van der Waals surface area contributed by atoms with Crippen molar-refractivity contribution in [2.45, 2.75) is 38.3 Å². The van der Waals surface area contributed by atoms with Crippen LogP contribution in [0, 0.1) is 5.82 Å². The van der Waals surface area contributed by atoms with Gasteiger partial charge in [-0.25, -0.2) is 4.39 Å². The number of likely N-dealkylation sites (tertiary alicyclic amines) is 1. The molecule has 9 heteroatoms. The van der Waals surface area contributed by atoms with E-state index < -0.39 is 5.82 Å². The van der Waals surface area contributed by atoms with Crippen molar-refractivity contribution >= 4 is 41.2 Å². The molecule has 0 saturated carbocycles. The summed E-state index contributed by atoms with van der Waals surface area (Å²) < 4.78 is 16.2. The molecule has 39 heavy (non-hydrogen) atoms. The van der Waals surface area contributed by atoms with Crippen LogP contribution in [0.15, 0.2) is 53.2 Å². The molecule has 2 aromatic carbocycles. The SMILES string of the molecule is C/C(=C\C(O)=C/c1ccccc1)c1c(Cl)cc(/C(=N\CCCN(C)C)N2CC3CCC(C2)N3)c(NC=O)c1F. The van der Waals surface area contributed by atoms with Crippen molar-refractivity contribution in [3.8, 4) is 0 Å². The number of carbonyl (C=O) groups is 1. The van der Waals surface area contributed by atoms with E-state index >= 15 is 4.39 Å². The van der Waals surface area contributed by atoms with Crippen LogP contribution in [0.2, 0.25) is 5.02 Å². The molecule has 2 saturated heterocycles. The first-order valence-corrected chi connectivity index (χ1v) is 13.7. The minimum Gasteiger partial charge on any atom is -0.508 e. The molecule has 0 aromatic heterocycles. The van der Waals surface area contributed by atoms with Gasteiger partial charge in [0, 0.05) is 42.8 Å². The number of piperazine rings is 1. The normalized spacial score (nSPS) is 20.1. The van der Waals surface area contributed by atoms with Crippen LogP contribution in [0.25, 0.3) is 11.6 Å². The molecule has 2 fully saturated rings. The van der Waals surface area contributed by atoms with Crippen LogP contribution < -0.4 is 10.6 Å². The van der Waals surface area contributed by atoms with Crippen molar-refractivity contribution in [2.24, 2.45) is 4.99 Å². The zero-order valence-corrected chi connectivity index (χ0v) is 23.5. The number of carbonyl (C=O) groups excluding carboxylic acids is 1. The fraction of sp³-hybridized carbons (Fsp3) is 0.400. The van der Waals surface area contributed by atoms with Gasteiger partial charge in [0.05, 0.1) is 10.7 Å². The lowest BCUT2D eigenvalue weighted by molar-refractivity contribution is -0.105.